The highest BCUT2D eigenvalue weighted by atomic mass is 35.5. The highest BCUT2D eigenvalue weighted by Crippen LogP contribution is 2.32. The van der Waals surface area contributed by atoms with Crippen molar-refractivity contribution in [2.75, 3.05) is 17.5 Å². The molecule has 0 bridgehead atoms. The number of hydrogen-bond donors (Lipinski definition) is 0. The van der Waals surface area contributed by atoms with Crippen LogP contribution < -0.4 is 9.04 Å². The van der Waals surface area contributed by atoms with E-state index in [0.717, 1.165) is 4.31 Å². The van der Waals surface area contributed by atoms with Gasteiger partial charge in [0.2, 0.25) is 5.24 Å². The second kappa shape index (κ2) is 7.88. The third kappa shape index (κ3) is 4.20. The highest BCUT2D eigenvalue weighted by Gasteiger charge is 2.28. The van der Waals surface area contributed by atoms with E-state index in [9.17, 15) is 13.2 Å². The van der Waals surface area contributed by atoms with Crippen LogP contribution in [0.2, 0.25) is 5.02 Å². The molecule has 0 N–H and O–H groups in total. The first kappa shape index (κ1) is 18.6. The van der Waals surface area contributed by atoms with E-state index in [1.807, 2.05) is 0 Å². The molecule has 5 nitrogen and oxygen atoms in total. The van der Waals surface area contributed by atoms with Crippen molar-refractivity contribution in [3.63, 3.8) is 0 Å². The SMILES string of the molecule is CCOc1ccccc1N(CC(=O)Cl)S(=O)(=O)c1ccc(Cl)cc1. The van der Waals surface area contributed by atoms with Crippen LogP contribution in [-0.4, -0.2) is 26.8 Å². The summed E-state index contributed by atoms with van der Waals surface area (Å²) in [5.74, 6) is 0.343. The number of nitrogens with zero attached hydrogens (tertiary/aromatic N) is 1. The number of benzene rings is 2. The lowest BCUT2D eigenvalue weighted by Gasteiger charge is -2.25. The Balaban J connectivity index is 2.57. The van der Waals surface area contributed by atoms with Gasteiger partial charge < -0.3 is 4.74 Å². The van der Waals surface area contributed by atoms with E-state index >= 15 is 0 Å². The molecule has 2 aromatic carbocycles. The molecule has 2 aromatic rings. The lowest BCUT2D eigenvalue weighted by Crippen LogP contribution is -2.34. The standard InChI is InChI=1S/C16H15Cl2NO4S/c1-2-23-15-6-4-3-5-14(15)19(11-16(18)20)24(21,22)13-9-7-12(17)8-10-13/h3-10H,2,11H2,1H3. The van der Waals surface area contributed by atoms with Crippen molar-refractivity contribution in [1.82, 2.24) is 0 Å². The Morgan fingerprint density at radius 3 is 2.33 bits per heavy atom. The van der Waals surface area contributed by atoms with Gasteiger partial charge in [-0.05, 0) is 54.9 Å². The summed E-state index contributed by atoms with van der Waals surface area (Å²) in [6.07, 6.45) is 0. The number of halogens is 2. The van der Waals surface area contributed by atoms with Crippen molar-refractivity contribution in [2.24, 2.45) is 0 Å². The lowest BCUT2D eigenvalue weighted by atomic mass is 10.3. The average molecular weight is 388 g/mol. The van der Waals surface area contributed by atoms with Crippen molar-refractivity contribution in [3.8, 4) is 5.75 Å². The van der Waals surface area contributed by atoms with Crippen LogP contribution in [-0.2, 0) is 14.8 Å². The summed E-state index contributed by atoms with van der Waals surface area (Å²) in [6, 6.07) is 12.2. The van der Waals surface area contributed by atoms with E-state index in [1.165, 1.54) is 24.3 Å². The van der Waals surface area contributed by atoms with E-state index in [4.69, 9.17) is 27.9 Å². The highest BCUT2D eigenvalue weighted by molar-refractivity contribution is 7.92. The minimum absolute atomic E-state index is 0.00359. The molecule has 0 spiro atoms. The first-order chi connectivity index (χ1) is 11.4. The second-order valence-electron chi connectivity index (χ2n) is 4.72. The maximum atomic E-state index is 13.0. The molecular weight excluding hydrogens is 373 g/mol. The first-order valence-electron chi connectivity index (χ1n) is 7.04. The van der Waals surface area contributed by atoms with Crippen molar-refractivity contribution in [2.45, 2.75) is 11.8 Å². The summed E-state index contributed by atoms with van der Waals surface area (Å²) in [7, 11) is -4.02. The Bertz CT molecular complexity index is 822. The van der Waals surface area contributed by atoms with Gasteiger partial charge in [0.1, 0.15) is 12.3 Å². The fourth-order valence-corrected chi connectivity index (χ4v) is 3.83. The maximum absolute atomic E-state index is 13.0. The molecule has 0 aromatic heterocycles. The van der Waals surface area contributed by atoms with Crippen molar-refractivity contribution in [1.29, 1.82) is 0 Å². The quantitative estimate of drug-likeness (QED) is 0.679. The molecule has 0 aliphatic carbocycles. The molecule has 0 heterocycles. The predicted octanol–water partition coefficient (Wildman–Crippen LogP) is 3.70. The van der Waals surface area contributed by atoms with Crippen LogP contribution >= 0.6 is 23.2 Å². The van der Waals surface area contributed by atoms with Crippen molar-refractivity contribution < 1.29 is 17.9 Å². The molecule has 0 amide bonds. The fourth-order valence-electron chi connectivity index (χ4n) is 2.09. The van der Waals surface area contributed by atoms with Gasteiger partial charge in [0, 0.05) is 5.02 Å². The van der Waals surface area contributed by atoms with Gasteiger partial charge in [-0.3, -0.25) is 9.10 Å². The Kier molecular flexibility index (Phi) is 6.10. The summed E-state index contributed by atoms with van der Waals surface area (Å²) in [5.41, 5.74) is 0.239. The third-order valence-corrected chi connectivity index (χ3v) is 5.25. The molecule has 2 rings (SSSR count). The minimum Gasteiger partial charge on any atom is -0.492 e. The van der Waals surface area contributed by atoms with Crippen LogP contribution in [0, 0.1) is 0 Å². The van der Waals surface area contributed by atoms with Gasteiger partial charge >= 0.3 is 0 Å². The Morgan fingerprint density at radius 1 is 1.12 bits per heavy atom. The summed E-state index contributed by atoms with van der Waals surface area (Å²) in [5, 5.41) is -0.400. The molecule has 0 aliphatic rings. The normalized spacial score (nSPS) is 11.1. The van der Waals surface area contributed by atoms with Crippen LogP contribution in [0.4, 0.5) is 5.69 Å². The van der Waals surface area contributed by atoms with Gasteiger partial charge in [-0.2, -0.15) is 0 Å². The monoisotopic (exact) mass is 387 g/mol. The van der Waals surface area contributed by atoms with Crippen molar-refractivity contribution >= 4 is 44.2 Å². The smallest absolute Gasteiger partial charge is 0.264 e. The lowest BCUT2D eigenvalue weighted by molar-refractivity contribution is -0.110. The first-order valence-corrected chi connectivity index (χ1v) is 9.24. The van der Waals surface area contributed by atoms with Gasteiger partial charge in [-0.15, -0.1) is 0 Å². The average Bonchev–Trinajstić information content (AvgIpc) is 2.54. The number of para-hydroxylation sites is 2. The van der Waals surface area contributed by atoms with E-state index in [0.29, 0.717) is 17.4 Å². The zero-order valence-corrected chi connectivity index (χ0v) is 15.1. The zero-order valence-electron chi connectivity index (χ0n) is 12.8. The zero-order chi connectivity index (χ0) is 17.7. The number of sulfonamides is 1. The van der Waals surface area contributed by atoms with Crippen LogP contribution in [0.25, 0.3) is 0 Å². The van der Waals surface area contributed by atoms with Crippen LogP contribution in [0.1, 0.15) is 6.92 Å². The molecule has 0 unspecified atom stereocenters. The number of carbonyl (C=O) groups excluding carboxylic acids is 1. The largest absolute Gasteiger partial charge is 0.492 e. The Labute approximate surface area is 150 Å². The van der Waals surface area contributed by atoms with E-state index in [1.54, 1.807) is 31.2 Å². The van der Waals surface area contributed by atoms with Gasteiger partial charge in [0.15, 0.2) is 0 Å². The number of anilines is 1. The minimum atomic E-state index is -4.02. The number of hydrogen-bond acceptors (Lipinski definition) is 4. The Hall–Kier alpha value is -1.76. The van der Waals surface area contributed by atoms with E-state index < -0.39 is 21.8 Å². The molecule has 0 fully saturated rings. The predicted molar refractivity (Wildman–Crippen MR) is 94.5 cm³/mol. The number of rotatable bonds is 7. The summed E-state index contributed by atoms with van der Waals surface area (Å²) >= 11 is 11.3. The third-order valence-electron chi connectivity index (χ3n) is 3.10. The van der Waals surface area contributed by atoms with E-state index in [-0.39, 0.29) is 10.6 Å². The molecular formula is C16H15Cl2NO4S. The van der Waals surface area contributed by atoms with Gasteiger partial charge in [0.05, 0.1) is 17.2 Å². The van der Waals surface area contributed by atoms with Crippen LogP contribution in [0.3, 0.4) is 0 Å². The molecule has 0 saturated carbocycles. The molecule has 0 aliphatic heterocycles. The van der Waals surface area contributed by atoms with Crippen LogP contribution in [0.5, 0.6) is 5.75 Å². The van der Waals surface area contributed by atoms with Gasteiger partial charge in [0.25, 0.3) is 10.0 Å². The molecule has 24 heavy (non-hydrogen) atoms. The van der Waals surface area contributed by atoms with Gasteiger partial charge in [-0.25, -0.2) is 8.42 Å². The fraction of sp³-hybridized carbons (Fsp3) is 0.188. The molecule has 128 valence electrons. The van der Waals surface area contributed by atoms with Crippen molar-refractivity contribution in [3.05, 3.63) is 53.6 Å². The molecule has 0 radical (unpaired) electrons. The summed E-state index contributed by atoms with van der Waals surface area (Å²) in [4.78, 5) is 11.4. The topological polar surface area (TPSA) is 63.7 Å². The summed E-state index contributed by atoms with van der Waals surface area (Å²) in [6.45, 7) is 1.61. The van der Waals surface area contributed by atoms with Crippen LogP contribution in [0.15, 0.2) is 53.4 Å². The Morgan fingerprint density at radius 2 is 1.75 bits per heavy atom. The van der Waals surface area contributed by atoms with E-state index in [2.05, 4.69) is 0 Å². The maximum Gasteiger partial charge on any atom is 0.264 e. The molecule has 8 heteroatoms. The molecule has 0 saturated heterocycles. The van der Waals surface area contributed by atoms with Gasteiger partial charge in [-0.1, -0.05) is 23.7 Å². The molecule has 0 atom stereocenters. The number of ether oxygens (including phenoxy) is 1. The summed E-state index contributed by atoms with van der Waals surface area (Å²) < 4.78 is 32.3. The number of carbonyl (C=O) groups is 1. The second-order valence-corrected chi connectivity index (χ2v) is 7.44.